The number of hydrogen-bond donors (Lipinski definition) is 5. The van der Waals surface area contributed by atoms with Gasteiger partial charge in [-0.2, -0.15) is 0 Å². The molecule has 0 unspecified atom stereocenters. The van der Waals surface area contributed by atoms with E-state index in [1.165, 1.54) is 13.8 Å². The lowest BCUT2D eigenvalue weighted by Gasteiger charge is -2.47. The van der Waals surface area contributed by atoms with Crippen LogP contribution in [0.25, 0.3) is 0 Å². The third kappa shape index (κ3) is 17.1. The summed E-state index contributed by atoms with van der Waals surface area (Å²) in [7, 11) is 3.50. The number of allylic oxidation sites excluding steroid dienone is 10. The van der Waals surface area contributed by atoms with Gasteiger partial charge in [0, 0.05) is 32.0 Å². The average Bonchev–Trinajstić information content (AvgIpc) is 3.21. The summed E-state index contributed by atoms with van der Waals surface area (Å²) in [5.74, 6) is -3.03. The average molecular weight is 861 g/mol. The zero-order valence-corrected chi connectivity index (χ0v) is 39.4. The first-order valence-electron chi connectivity index (χ1n) is 22.9. The summed E-state index contributed by atoms with van der Waals surface area (Å²) in [4.78, 5) is 30.4. The number of hydrogen-bond acceptors (Lipinski definition) is 11. The molecule has 0 aromatic carbocycles. The van der Waals surface area contributed by atoms with E-state index in [9.17, 15) is 35.1 Å². The third-order valence-electron chi connectivity index (χ3n) is 12.6. The molecule has 5 N–H and O–H groups in total. The van der Waals surface area contributed by atoms with Gasteiger partial charge in [-0.25, -0.2) is 0 Å². The lowest BCUT2D eigenvalue weighted by atomic mass is 9.78. The molecule has 0 aromatic heterocycles. The molecule has 2 fully saturated rings. The molecule has 2 heterocycles. The van der Waals surface area contributed by atoms with Crippen molar-refractivity contribution in [3.63, 3.8) is 0 Å². The van der Waals surface area contributed by atoms with Gasteiger partial charge in [-0.15, -0.1) is 0 Å². The van der Waals surface area contributed by atoms with Crippen LogP contribution < -0.4 is 0 Å². The van der Waals surface area contributed by atoms with E-state index in [2.05, 4.69) is 67.7 Å². The van der Waals surface area contributed by atoms with Crippen molar-refractivity contribution in [2.24, 2.45) is 17.8 Å². The zero-order valence-electron chi connectivity index (χ0n) is 39.4. The highest BCUT2D eigenvalue weighted by atomic mass is 16.7. The first kappa shape index (κ1) is 54.5. The number of likely N-dealkylation sites (N-methyl/N-ethyl adjacent to an activating group) is 2. The first-order chi connectivity index (χ1) is 28.7. The van der Waals surface area contributed by atoms with Crippen LogP contribution in [0.4, 0.5) is 0 Å². The molecule has 2 aliphatic heterocycles. The fourth-order valence-electron chi connectivity index (χ4n) is 8.71. The Balaban J connectivity index is 2.12. The predicted octanol–water partition coefficient (Wildman–Crippen LogP) is 6.79. The van der Waals surface area contributed by atoms with E-state index in [-0.39, 0.29) is 24.7 Å². The Kier molecular flexibility index (Phi) is 24.0. The van der Waals surface area contributed by atoms with Gasteiger partial charge in [-0.1, -0.05) is 88.5 Å². The molecule has 1 amide bonds. The Labute approximate surface area is 368 Å². The summed E-state index contributed by atoms with van der Waals surface area (Å²) in [6, 6.07) is -1.17. The number of cyclic esters (lactones) is 1. The number of aliphatic hydroxyl groups is 5. The van der Waals surface area contributed by atoms with Gasteiger partial charge in [0.05, 0.1) is 35.9 Å². The van der Waals surface area contributed by atoms with Gasteiger partial charge < -0.3 is 49.5 Å². The van der Waals surface area contributed by atoms with E-state index in [0.29, 0.717) is 25.8 Å². The Morgan fingerprint density at radius 2 is 1.41 bits per heavy atom. The zero-order chi connectivity index (χ0) is 45.9. The maximum atomic E-state index is 13.5. The van der Waals surface area contributed by atoms with Crippen LogP contribution in [0.2, 0.25) is 0 Å². The largest absolute Gasteiger partial charge is 0.459 e. The summed E-state index contributed by atoms with van der Waals surface area (Å²) in [5, 5.41) is 58.5. The SMILES string of the molecule is CC/C=C\C/C=C\C/C=C\C/C=C\C/C=C\CCCC(=O)N(C)[C@H]1C[C@@H](C)O[C@@H](O[C@@H]2[C@H](C)[C@H](O)[C@@H](C)C(=O)O[C@H](CC)[C@@](C)(O)[C@H](O)[C@@H](C)N(C)C[C@H](C)C[C@@]2(C)O)[C@@H]1O. The van der Waals surface area contributed by atoms with Gasteiger partial charge in [-0.05, 0) is 112 Å². The van der Waals surface area contributed by atoms with Gasteiger partial charge in [-0.3, -0.25) is 9.59 Å². The van der Waals surface area contributed by atoms with Crippen molar-refractivity contribution in [3.05, 3.63) is 60.8 Å². The predicted molar refractivity (Wildman–Crippen MR) is 242 cm³/mol. The van der Waals surface area contributed by atoms with Crippen LogP contribution in [0.1, 0.15) is 133 Å². The summed E-state index contributed by atoms with van der Waals surface area (Å²) >= 11 is 0. The number of amides is 1. The second-order valence-corrected chi connectivity index (χ2v) is 18.3. The molecule has 0 saturated carbocycles. The fraction of sp³-hybridized carbons (Fsp3) is 0.755. The molecule has 14 atom stereocenters. The van der Waals surface area contributed by atoms with Crippen molar-refractivity contribution in [2.75, 3.05) is 20.6 Å². The molecule has 0 aliphatic carbocycles. The molecular formula is C49H84N2O10. The number of ether oxygens (including phenoxy) is 3. The van der Waals surface area contributed by atoms with E-state index >= 15 is 0 Å². The van der Waals surface area contributed by atoms with E-state index in [0.717, 1.165) is 38.5 Å². The number of unbranched alkanes of at least 4 members (excludes halogenated alkanes) is 1. The number of nitrogens with zero attached hydrogens (tertiary/aromatic N) is 2. The quantitative estimate of drug-likeness (QED) is 0.0593. The summed E-state index contributed by atoms with van der Waals surface area (Å²) in [6.45, 7) is 16.1. The molecular weight excluding hydrogens is 777 g/mol. The Morgan fingerprint density at radius 1 is 0.869 bits per heavy atom. The number of carbonyl (C=O) groups excluding carboxylic acids is 2. The maximum Gasteiger partial charge on any atom is 0.311 e. The number of carbonyl (C=O) groups is 2. The van der Waals surface area contributed by atoms with Gasteiger partial charge >= 0.3 is 5.97 Å². The van der Waals surface area contributed by atoms with Crippen LogP contribution in [0.15, 0.2) is 60.8 Å². The van der Waals surface area contributed by atoms with Crippen molar-refractivity contribution in [1.82, 2.24) is 9.80 Å². The Bertz CT molecular complexity index is 1440. The van der Waals surface area contributed by atoms with Crippen molar-refractivity contribution in [1.29, 1.82) is 0 Å². The molecule has 2 aliphatic rings. The monoisotopic (exact) mass is 861 g/mol. The molecule has 0 aromatic rings. The van der Waals surface area contributed by atoms with Crippen LogP contribution in [-0.2, 0) is 23.8 Å². The van der Waals surface area contributed by atoms with Crippen molar-refractivity contribution in [3.8, 4) is 0 Å². The molecule has 0 bridgehead atoms. The lowest BCUT2D eigenvalue weighted by molar-refractivity contribution is -0.299. The minimum Gasteiger partial charge on any atom is -0.459 e. The lowest BCUT2D eigenvalue weighted by Crippen LogP contribution is -2.60. The fourth-order valence-corrected chi connectivity index (χ4v) is 8.71. The van der Waals surface area contributed by atoms with Crippen LogP contribution in [0.3, 0.4) is 0 Å². The minimum atomic E-state index is -1.79. The van der Waals surface area contributed by atoms with Crippen molar-refractivity contribution < 1.29 is 49.3 Å². The van der Waals surface area contributed by atoms with Gasteiger partial charge in [0.2, 0.25) is 5.91 Å². The minimum absolute atomic E-state index is 0.108. The smallest absolute Gasteiger partial charge is 0.311 e. The molecule has 2 saturated heterocycles. The molecule has 0 spiro atoms. The van der Waals surface area contributed by atoms with Crippen LogP contribution in [-0.4, -0.2) is 134 Å². The first-order valence-corrected chi connectivity index (χ1v) is 22.9. The van der Waals surface area contributed by atoms with Crippen LogP contribution >= 0.6 is 0 Å². The van der Waals surface area contributed by atoms with Crippen LogP contribution in [0.5, 0.6) is 0 Å². The van der Waals surface area contributed by atoms with Gasteiger partial charge in [0.15, 0.2) is 6.29 Å². The third-order valence-corrected chi connectivity index (χ3v) is 12.6. The number of rotatable bonds is 17. The normalized spacial score (nSPS) is 36.9. The molecule has 61 heavy (non-hydrogen) atoms. The summed E-state index contributed by atoms with van der Waals surface area (Å²) < 4.78 is 18.5. The molecule has 350 valence electrons. The molecule has 12 heteroatoms. The Hall–Kier alpha value is -2.68. The molecule has 0 radical (unpaired) electrons. The maximum absolute atomic E-state index is 13.5. The molecule has 2 rings (SSSR count). The topological polar surface area (TPSA) is 169 Å². The molecule has 12 nitrogen and oxygen atoms in total. The number of esters is 1. The van der Waals surface area contributed by atoms with E-state index in [1.807, 2.05) is 25.8 Å². The highest BCUT2D eigenvalue weighted by molar-refractivity contribution is 5.76. The highest BCUT2D eigenvalue weighted by Gasteiger charge is 2.50. The summed E-state index contributed by atoms with van der Waals surface area (Å²) in [5.41, 5.74) is -3.39. The van der Waals surface area contributed by atoms with E-state index in [4.69, 9.17) is 14.2 Å². The van der Waals surface area contributed by atoms with E-state index in [1.54, 1.807) is 39.6 Å². The second kappa shape index (κ2) is 26.8. The van der Waals surface area contributed by atoms with Crippen molar-refractivity contribution >= 4 is 11.9 Å². The number of aliphatic hydroxyl groups excluding tert-OH is 3. The Morgan fingerprint density at radius 3 is 1.95 bits per heavy atom. The van der Waals surface area contributed by atoms with Crippen LogP contribution in [0, 0.1) is 17.8 Å². The van der Waals surface area contributed by atoms with Gasteiger partial charge in [0.25, 0.3) is 0 Å². The standard InChI is InChI=1S/C49H84N2O10/c1-12-14-15-16-17-18-19-20-21-22-23-24-25-26-27-28-29-30-41(52)51(11)39-31-35(4)59-47(43(39)54)61-45-36(5)42(53)37(6)46(56)60-40(13-2)49(9,58)44(55)38(7)50(10)33-34(3)32-48(45,8)57/h14-15,17-18,20-21,23-24,26-27,34-40,42-45,47,53-55,57-58H,12-13,16,19,22,25,28-33H2,1-11H3/b15-14-,18-17-,21-20-,24-23-,27-26-/t34-,35-,36-,37-,38-,39+,40-,42+,43-,44-,45-,47+,48-,49-/m1/s1. The van der Waals surface area contributed by atoms with Crippen molar-refractivity contribution in [2.45, 2.75) is 199 Å². The summed E-state index contributed by atoms with van der Waals surface area (Å²) in [6.07, 6.45) is 21.0. The highest BCUT2D eigenvalue weighted by Crippen LogP contribution is 2.37. The van der Waals surface area contributed by atoms with E-state index < -0.39 is 84.0 Å². The second-order valence-electron chi connectivity index (χ2n) is 18.3. The van der Waals surface area contributed by atoms with Gasteiger partial charge in [0.1, 0.15) is 23.9 Å².